The number of ether oxygens (including phenoxy) is 2. The zero-order valence-electron chi connectivity index (χ0n) is 12.1. The average Bonchev–Trinajstić information content (AvgIpc) is 2.28. The average molecular weight is 252 g/mol. The molecule has 1 rings (SSSR count). The molecule has 1 atom stereocenters. The Bertz CT molecular complexity index is 360. The summed E-state index contributed by atoms with van der Waals surface area (Å²) in [6.45, 7) is 7.72. The Morgan fingerprint density at radius 3 is 2.50 bits per heavy atom. The van der Waals surface area contributed by atoms with Gasteiger partial charge in [0.25, 0.3) is 0 Å². The van der Waals surface area contributed by atoms with Gasteiger partial charge in [-0.2, -0.15) is 0 Å². The maximum Gasteiger partial charge on any atom is 0.343 e. The highest BCUT2D eigenvalue weighted by atomic mass is 16.6. The van der Waals surface area contributed by atoms with Crippen molar-refractivity contribution in [3.63, 3.8) is 0 Å². The fourth-order valence-corrected chi connectivity index (χ4v) is 1.89. The quantitative estimate of drug-likeness (QED) is 0.719. The lowest BCUT2D eigenvalue weighted by Gasteiger charge is -2.32. The summed E-state index contributed by atoms with van der Waals surface area (Å²) in [6, 6.07) is 0. The Labute approximate surface area is 110 Å². The largest absolute Gasteiger partial charge is 0.458 e. The molecule has 0 aromatic heterocycles. The molecule has 0 aromatic rings. The number of carbonyl (C=O) groups excluding carboxylic acids is 1. The van der Waals surface area contributed by atoms with E-state index in [2.05, 4.69) is 13.0 Å². The summed E-state index contributed by atoms with van der Waals surface area (Å²) in [5, 5.41) is 0. The van der Waals surface area contributed by atoms with E-state index in [-0.39, 0.29) is 5.97 Å². The van der Waals surface area contributed by atoms with E-state index in [1.54, 1.807) is 7.11 Å². The van der Waals surface area contributed by atoms with E-state index in [4.69, 9.17) is 9.47 Å². The molecule has 1 aliphatic carbocycles. The summed E-state index contributed by atoms with van der Waals surface area (Å²) < 4.78 is 10.8. The van der Waals surface area contributed by atoms with Crippen LogP contribution in [0.15, 0.2) is 23.8 Å². The molecule has 0 aliphatic heterocycles. The van der Waals surface area contributed by atoms with Crippen LogP contribution in [-0.4, -0.2) is 24.3 Å². The number of esters is 1. The van der Waals surface area contributed by atoms with Gasteiger partial charge in [-0.1, -0.05) is 31.1 Å². The Kier molecular flexibility index (Phi) is 4.74. The summed E-state index contributed by atoms with van der Waals surface area (Å²) in [4.78, 5) is 12.2. The molecule has 0 saturated heterocycles. The standard InChI is InChI=1S/C15H24O3/c1-6-7-12-8-10-15(17-5,11-9-12)13(16)18-14(2,3)4/h8-10H,6-7,11H2,1-5H3. The molecule has 18 heavy (non-hydrogen) atoms. The normalized spacial score (nSPS) is 23.7. The second-order valence-corrected chi connectivity index (χ2v) is 5.66. The molecule has 0 fully saturated rings. The second kappa shape index (κ2) is 5.70. The third-order valence-electron chi connectivity index (χ3n) is 2.88. The molecular formula is C15H24O3. The molecule has 0 aromatic carbocycles. The van der Waals surface area contributed by atoms with Crippen LogP contribution >= 0.6 is 0 Å². The van der Waals surface area contributed by atoms with Crippen LogP contribution in [0.25, 0.3) is 0 Å². The number of hydrogen-bond acceptors (Lipinski definition) is 3. The molecule has 0 N–H and O–H groups in total. The summed E-state index contributed by atoms with van der Waals surface area (Å²) in [5.41, 5.74) is -0.192. The summed E-state index contributed by atoms with van der Waals surface area (Å²) in [6.07, 6.45) is 8.54. The van der Waals surface area contributed by atoms with E-state index in [1.807, 2.05) is 32.9 Å². The van der Waals surface area contributed by atoms with Crippen LogP contribution in [0.1, 0.15) is 47.0 Å². The fraction of sp³-hybridized carbons (Fsp3) is 0.667. The van der Waals surface area contributed by atoms with Crippen LogP contribution in [0.3, 0.4) is 0 Å². The maximum atomic E-state index is 12.2. The molecule has 102 valence electrons. The van der Waals surface area contributed by atoms with Gasteiger partial charge in [0.05, 0.1) is 0 Å². The SMILES string of the molecule is CCCC1=CCC(OC)(C(=O)OC(C)(C)C)C=C1. The van der Waals surface area contributed by atoms with Crippen LogP contribution in [0, 0.1) is 0 Å². The van der Waals surface area contributed by atoms with E-state index in [1.165, 1.54) is 5.57 Å². The van der Waals surface area contributed by atoms with Gasteiger partial charge in [0.1, 0.15) is 5.60 Å². The van der Waals surface area contributed by atoms with Crippen molar-refractivity contribution < 1.29 is 14.3 Å². The molecule has 0 heterocycles. The first-order chi connectivity index (χ1) is 8.33. The zero-order chi connectivity index (χ0) is 13.8. The topological polar surface area (TPSA) is 35.5 Å². The Morgan fingerprint density at radius 1 is 1.44 bits per heavy atom. The Balaban J connectivity index is 2.79. The maximum absolute atomic E-state index is 12.2. The number of methoxy groups -OCH3 is 1. The zero-order valence-corrected chi connectivity index (χ0v) is 12.1. The fourth-order valence-electron chi connectivity index (χ4n) is 1.89. The van der Waals surface area contributed by atoms with E-state index < -0.39 is 11.2 Å². The molecule has 0 bridgehead atoms. The Hall–Kier alpha value is -1.09. The number of hydrogen-bond donors (Lipinski definition) is 0. The predicted octanol–water partition coefficient (Wildman–Crippen LogP) is 3.40. The molecule has 3 nitrogen and oxygen atoms in total. The third-order valence-corrected chi connectivity index (χ3v) is 2.88. The van der Waals surface area contributed by atoms with Crippen LogP contribution in [-0.2, 0) is 14.3 Å². The first-order valence-electron chi connectivity index (χ1n) is 6.50. The Morgan fingerprint density at radius 2 is 2.11 bits per heavy atom. The third kappa shape index (κ3) is 3.70. The first kappa shape index (κ1) is 15.0. The molecule has 0 saturated carbocycles. The molecule has 3 heteroatoms. The van der Waals surface area contributed by atoms with Crippen molar-refractivity contribution in [2.45, 2.75) is 58.2 Å². The summed E-state index contributed by atoms with van der Waals surface area (Å²) in [5.74, 6) is -0.319. The molecule has 1 unspecified atom stereocenters. The lowest BCUT2D eigenvalue weighted by Crippen LogP contribution is -2.44. The van der Waals surface area contributed by atoms with Crippen LogP contribution < -0.4 is 0 Å². The smallest absolute Gasteiger partial charge is 0.343 e. The minimum Gasteiger partial charge on any atom is -0.458 e. The lowest BCUT2D eigenvalue weighted by molar-refractivity contribution is -0.174. The monoisotopic (exact) mass is 252 g/mol. The highest BCUT2D eigenvalue weighted by molar-refractivity contribution is 5.83. The van der Waals surface area contributed by atoms with Gasteiger partial charge < -0.3 is 9.47 Å². The molecule has 0 radical (unpaired) electrons. The van der Waals surface area contributed by atoms with Gasteiger partial charge >= 0.3 is 5.97 Å². The highest BCUT2D eigenvalue weighted by Gasteiger charge is 2.40. The van der Waals surface area contributed by atoms with Gasteiger partial charge in [0, 0.05) is 13.5 Å². The van der Waals surface area contributed by atoms with E-state index in [9.17, 15) is 4.79 Å². The first-order valence-corrected chi connectivity index (χ1v) is 6.50. The number of carbonyl (C=O) groups is 1. The molecule has 0 amide bonds. The highest BCUT2D eigenvalue weighted by Crippen LogP contribution is 2.29. The van der Waals surface area contributed by atoms with Gasteiger partial charge in [0.2, 0.25) is 0 Å². The minimum atomic E-state index is -0.954. The minimum absolute atomic E-state index is 0.319. The number of rotatable bonds is 4. The van der Waals surface area contributed by atoms with Gasteiger partial charge in [-0.15, -0.1) is 0 Å². The van der Waals surface area contributed by atoms with Gasteiger partial charge in [-0.3, -0.25) is 0 Å². The number of allylic oxidation sites excluding steroid dienone is 2. The van der Waals surface area contributed by atoms with Crippen molar-refractivity contribution in [3.05, 3.63) is 23.8 Å². The van der Waals surface area contributed by atoms with E-state index >= 15 is 0 Å². The predicted molar refractivity (Wildman–Crippen MR) is 72.3 cm³/mol. The van der Waals surface area contributed by atoms with Crippen molar-refractivity contribution in [3.8, 4) is 0 Å². The molecular weight excluding hydrogens is 228 g/mol. The van der Waals surface area contributed by atoms with Crippen molar-refractivity contribution in [2.24, 2.45) is 0 Å². The van der Waals surface area contributed by atoms with Gasteiger partial charge in [0.15, 0.2) is 5.60 Å². The van der Waals surface area contributed by atoms with Gasteiger partial charge in [-0.05, 0) is 33.3 Å². The second-order valence-electron chi connectivity index (χ2n) is 5.66. The summed E-state index contributed by atoms with van der Waals surface area (Å²) >= 11 is 0. The molecule has 1 aliphatic rings. The van der Waals surface area contributed by atoms with Crippen LogP contribution in [0.5, 0.6) is 0 Å². The summed E-state index contributed by atoms with van der Waals surface area (Å²) in [7, 11) is 1.55. The van der Waals surface area contributed by atoms with Crippen LogP contribution in [0.2, 0.25) is 0 Å². The lowest BCUT2D eigenvalue weighted by atomic mass is 9.90. The van der Waals surface area contributed by atoms with Gasteiger partial charge in [-0.25, -0.2) is 4.79 Å². The van der Waals surface area contributed by atoms with Crippen molar-refractivity contribution in [2.75, 3.05) is 7.11 Å². The van der Waals surface area contributed by atoms with Crippen LogP contribution in [0.4, 0.5) is 0 Å². The van der Waals surface area contributed by atoms with E-state index in [0.29, 0.717) is 6.42 Å². The van der Waals surface area contributed by atoms with Crippen molar-refractivity contribution in [1.29, 1.82) is 0 Å². The van der Waals surface area contributed by atoms with E-state index in [0.717, 1.165) is 12.8 Å². The molecule has 0 spiro atoms. The van der Waals surface area contributed by atoms with Crippen molar-refractivity contribution in [1.82, 2.24) is 0 Å². The van der Waals surface area contributed by atoms with Crippen molar-refractivity contribution >= 4 is 5.97 Å².